The molecule has 3 nitrogen and oxygen atoms in total. The molecule has 0 saturated heterocycles. The lowest BCUT2D eigenvalue weighted by atomic mass is 10.1. The number of nitrogens with two attached hydrogens (primary N) is 1. The van der Waals surface area contributed by atoms with Crippen LogP contribution in [0.5, 0.6) is 5.75 Å². The van der Waals surface area contributed by atoms with Crippen LogP contribution in [0.15, 0.2) is 16.6 Å². The number of hydrogen-bond donors (Lipinski definition) is 1. The van der Waals surface area contributed by atoms with Crippen molar-refractivity contribution in [3.63, 3.8) is 0 Å². The van der Waals surface area contributed by atoms with Crippen molar-refractivity contribution >= 4 is 21.6 Å². The molecule has 0 bridgehead atoms. The molecule has 0 aliphatic heterocycles. The van der Waals surface area contributed by atoms with E-state index in [0.29, 0.717) is 28.9 Å². The first-order valence-corrected chi connectivity index (χ1v) is 6.10. The maximum absolute atomic E-state index is 13.3. The van der Waals surface area contributed by atoms with Gasteiger partial charge >= 0.3 is 0 Å². The van der Waals surface area contributed by atoms with Crippen LogP contribution in [0.1, 0.15) is 19.3 Å². The van der Waals surface area contributed by atoms with Crippen molar-refractivity contribution < 1.29 is 9.13 Å². The zero-order valence-electron chi connectivity index (χ0n) is 9.17. The van der Waals surface area contributed by atoms with Gasteiger partial charge in [-0.3, -0.25) is 0 Å². The van der Waals surface area contributed by atoms with E-state index in [1.165, 1.54) is 12.1 Å². The molecule has 1 aliphatic carbocycles. The van der Waals surface area contributed by atoms with E-state index in [4.69, 9.17) is 15.7 Å². The second-order valence-corrected chi connectivity index (χ2v) is 5.28. The average Bonchev–Trinajstić information content (AvgIpc) is 3.03. The minimum Gasteiger partial charge on any atom is -0.491 e. The van der Waals surface area contributed by atoms with Crippen LogP contribution < -0.4 is 10.5 Å². The molecule has 90 valence electrons. The van der Waals surface area contributed by atoms with Gasteiger partial charge < -0.3 is 10.5 Å². The Morgan fingerprint density at radius 3 is 2.82 bits per heavy atom. The van der Waals surface area contributed by atoms with Crippen LogP contribution in [0, 0.1) is 22.6 Å². The summed E-state index contributed by atoms with van der Waals surface area (Å²) in [5, 5.41) is 8.68. The fourth-order valence-electron chi connectivity index (χ4n) is 1.62. The Labute approximate surface area is 107 Å². The van der Waals surface area contributed by atoms with Gasteiger partial charge in [-0.05, 0) is 34.8 Å². The van der Waals surface area contributed by atoms with Gasteiger partial charge in [0.15, 0.2) is 0 Å². The molecule has 2 rings (SSSR count). The second kappa shape index (κ2) is 4.53. The van der Waals surface area contributed by atoms with E-state index in [1.54, 1.807) is 0 Å². The summed E-state index contributed by atoms with van der Waals surface area (Å²) in [5.74, 6) is -0.0609. The number of benzene rings is 1. The Morgan fingerprint density at radius 1 is 1.53 bits per heavy atom. The maximum atomic E-state index is 13.3. The molecule has 1 fully saturated rings. The maximum Gasteiger partial charge on any atom is 0.145 e. The van der Waals surface area contributed by atoms with Gasteiger partial charge in [-0.2, -0.15) is 5.26 Å². The van der Waals surface area contributed by atoms with Crippen molar-refractivity contribution in [2.75, 3.05) is 12.3 Å². The molecule has 0 unspecified atom stereocenters. The van der Waals surface area contributed by atoms with Gasteiger partial charge in [-0.25, -0.2) is 4.39 Å². The monoisotopic (exact) mass is 298 g/mol. The number of rotatable bonds is 4. The van der Waals surface area contributed by atoms with Crippen LogP contribution in [0.4, 0.5) is 10.1 Å². The minimum absolute atomic E-state index is 0.0370. The quantitative estimate of drug-likeness (QED) is 0.868. The van der Waals surface area contributed by atoms with Crippen molar-refractivity contribution in [1.29, 1.82) is 5.26 Å². The summed E-state index contributed by atoms with van der Waals surface area (Å²) in [6.07, 6.45) is 2.45. The average molecular weight is 299 g/mol. The van der Waals surface area contributed by atoms with E-state index in [-0.39, 0.29) is 5.41 Å². The van der Waals surface area contributed by atoms with Gasteiger partial charge in [0.1, 0.15) is 11.6 Å². The van der Waals surface area contributed by atoms with Crippen molar-refractivity contribution in [2.24, 2.45) is 5.41 Å². The van der Waals surface area contributed by atoms with Crippen LogP contribution in [0.2, 0.25) is 0 Å². The number of halogens is 2. The lowest BCUT2D eigenvalue weighted by molar-refractivity contribution is 0.237. The molecular weight excluding hydrogens is 287 g/mol. The molecular formula is C12H12BrFN2O. The van der Waals surface area contributed by atoms with Gasteiger partial charge in [0.05, 0.1) is 22.8 Å². The molecule has 0 heterocycles. The molecule has 1 aromatic rings. The third kappa shape index (κ3) is 2.70. The molecule has 0 aromatic heterocycles. The predicted molar refractivity (Wildman–Crippen MR) is 65.9 cm³/mol. The van der Waals surface area contributed by atoms with Crippen molar-refractivity contribution in [3.8, 4) is 11.8 Å². The van der Waals surface area contributed by atoms with E-state index in [2.05, 4.69) is 22.0 Å². The minimum atomic E-state index is -0.403. The fourth-order valence-corrected chi connectivity index (χ4v) is 1.98. The zero-order chi connectivity index (χ0) is 12.5. The van der Waals surface area contributed by atoms with Gasteiger partial charge in [0, 0.05) is 17.9 Å². The SMILES string of the molecule is N#CCC1(COc2cc(F)c(Br)cc2N)CC1. The van der Waals surface area contributed by atoms with Gasteiger partial charge in [-0.15, -0.1) is 0 Å². The number of hydrogen-bond acceptors (Lipinski definition) is 3. The van der Waals surface area contributed by atoms with Crippen molar-refractivity contribution in [3.05, 3.63) is 22.4 Å². The smallest absolute Gasteiger partial charge is 0.145 e. The summed E-state index contributed by atoms with van der Waals surface area (Å²) in [6.45, 7) is 0.422. The van der Waals surface area contributed by atoms with Gasteiger partial charge in [0.25, 0.3) is 0 Å². The predicted octanol–water partition coefficient (Wildman–Crippen LogP) is 3.24. The summed E-state index contributed by atoms with van der Waals surface area (Å²) in [4.78, 5) is 0. The lowest BCUT2D eigenvalue weighted by Crippen LogP contribution is -2.13. The summed E-state index contributed by atoms with van der Waals surface area (Å²) in [5.41, 5.74) is 6.08. The summed E-state index contributed by atoms with van der Waals surface area (Å²) >= 11 is 3.05. The Hall–Kier alpha value is -1.28. The molecule has 17 heavy (non-hydrogen) atoms. The number of ether oxygens (including phenoxy) is 1. The topological polar surface area (TPSA) is 59.0 Å². The first-order chi connectivity index (χ1) is 8.06. The van der Waals surface area contributed by atoms with Gasteiger partial charge in [-0.1, -0.05) is 0 Å². The number of nitrogen functional groups attached to an aromatic ring is 1. The number of nitriles is 1. The van der Waals surface area contributed by atoms with E-state index < -0.39 is 5.82 Å². The Balaban J connectivity index is 2.05. The van der Waals surface area contributed by atoms with E-state index in [1.807, 2.05) is 0 Å². The molecule has 0 amide bonds. The molecule has 0 spiro atoms. The first-order valence-electron chi connectivity index (χ1n) is 5.31. The highest BCUT2D eigenvalue weighted by molar-refractivity contribution is 9.10. The lowest BCUT2D eigenvalue weighted by Gasteiger charge is -2.14. The zero-order valence-corrected chi connectivity index (χ0v) is 10.8. The third-order valence-corrected chi connectivity index (χ3v) is 3.61. The highest BCUT2D eigenvalue weighted by Gasteiger charge is 2.43. The highest BCUT2D eigenvalue weighted by atomic mass is 79.9. The summed E-state index contributed by atoms with van der Waals surface area (Å²) in [6, 6.07) is 4.90. The normalized spacial score (nSPS) is 16.3. The third-order valence-electron chi connectivity index (χ3n) is 3.00. The molecule has 0 atom stereocenters. The second-order valence-electron chi connectivity index (χ2n) is 4.43. The number of anilines is 1. The first kappa shape index (κ1) is 12.2. The van der Waals surface area contributed by atoms with Crippen molar-refractivity contribution in [2.45, 2.75) is 19.3 Å². The van der Waals surface area contributed by atoms with Crippen LogP contribution in [-0.4, -0.2) is 6.61 Å². The molecule has 2 N–H and O–H groups in total. The summed E-state index contributed by atoms with van der Waals surface area (Å²) < 4.78 is 19.1. The standard InChI is InChI=1S/C12H12BrFN2O/c13-8-5-10(16)11(6-9(8)14)17-7-12(1-2-12)3-4-15/h5-6H,1-3,7,16H2. The molecule has 1 saturated carbocycles. The Kier molecular flexibility index (Phi) is 3.25. The van der Waals surface area contributed by atoms with Crippen LogP contribution in [0.3, 0.4) is 0 Å². The number of nitrogens with zero attached hydrogens (tertiary/aromatic N) is 1. The Morgan fingerprint density at radius 2 is 2.24 bits per heavy atom. The van der Waals surface area contributed by atoms with Crippen LogP contribution in [-0.2, 0) is 0 Å². The fraction of sp³-hybridized carbons (Fsp3) is 0.417. The molecule has 1 aliphatic rings. The molecule has 5 heteroatoms. The van der Waals surface area contributed by atoms with E-state index in [9.17, 15) is 4.39 Å². The highest BCUT2D eigenvalue weighted by Crippen LogP contribution is 2.49. The molecule has 0 radical (unpaired) electrons. The van der Waals surface area contributed by atoms with Gasteiger partial charge in [0.2, 0.25) is 0 Å². The van der Waals surface area contributed by atoms with Crippen LogP contribution >= 0.6 is 15.9 Å². The van der Waals surface area contributed by atoms with Crippen LogP contribution in [0.25, 0.3) is 0 Å². The molecule has 1 aromatic carbocycles. The van der Waals surface area contributed by atoms with E-state index >= 15 is 0 Å². The summed E-state index contributed by atoms with van der Waals surface area (Å²) in [7, 11) is 0. The van der Waals surface area contributed by atoms with E-state index in [0.717, 1.165) is 12.8 Å². The van der Waals surface area contributed by atoms with Crippen molar-refractivity contribution in [1.82, 2.24) is 0 Å². The largest absolute Gasteiger partial charge is 0.491 e. The Bertz CT molecular complexity index is 480.